The Balaban J connectivity index is 4.11. The van der Waals surface area contributed by atoms with Crippen molar-refractivity contribution in [1.29, 1.82) is 0 Å². The van der Waals surface area contributed by atoms with E-state index in [0.717, 1.165) is 52.0 Å². The molecule has 0 aliphatic carbocycles. The van der Waals surface area contributed by atoms with Gasteiger partial charge >= 0.3 is 0 Å². The van der Waals surface area contributed by atoms with Crippen molar-refractivity contribution in [2.45, 2.75) is 25.7 Å². The third kappa shape index (κ3) is 11.2. The fourth-order valence-corrected chi connectivity index (χ4v) is 2.09. The van der Waals surface area contributed by atoms with E-state index in [-0.39, 0.29) is 0 Å². The number of carbonyl (C=O) groups excluding carboxylic acids is 1. The Morgan fingerprint density at radius 3 is 1.75 bits per heavy atom. The van der Waals surface area contributed by atoms with Crippen LogP contribution in [0.3, 0.4) is 0 Å². The molecule has 5 nitrogen and oxygen atoms in total. The lowest BCUT2D eigenvalue weighted by molar-refractivity contribution is -0.131. The van der Waals surface area contributed by atoms with Crippen LogP contribution in [0.25, 0.3) is 0 Å². The summed E-state index contributed by atoms with van der Waals surface area (Å²) >= 11 is 0. The molecule has 120 valence electrons. The topological polar surface area (TPSA) is 38.8 Å². The van der Waals surface area contributed by atoms with Gasteiger partial charge in [-0.05, 0) is 74.1 Å². The minimum Gasteiger partial charge on any atom is -0.343 e. The molecule has 1 amide bonds. The molecule has 5 heteroatoms. The van der Waals surface area contributed by atoms with E-state index < -0.39 is 0 Å². The first kappa shape index (κ1) is 19.4. The Bertz CT molecular complexity index is 230. The molecule has 0 spiro atoms. The Hall–Kier alpha value is -0.650. The summed E-state index contributed by atoms with van der Waals surface area (Å²) in [5.74, 6) is 0.303. The summed E-state index contributed by atoms with van der Waals surface area (Å²) in [6, 6.07) is 0. The molecule has 0 rings (SSSR count). The molecule has 0 unspecified atom stereocenters. The number of rotatable bonds is 12. The molecule has 0 aromatic carbocycles. The predicted molar refractivity (Wildman–Crippen MR) is 86.1 cm³/mol. The van der Waals surface area contributed by atoms with Crippen molar-refractivity contribution >= 4 is 5.91 Å². The fraction of sp³-hybridized carbons (Fsp3) is 0.933. The van der Waals surface area contributed by atoms with Gasteiger partial charge in [-0.15, -0.1) is 0 Å². The zero-order valence-corrected chi connectivity index (χ0v) is 14.1. The molecule has 20 heavy (non-hydrogen) atoms. The largest absolute Gasteiger partial charge is 0.343 e. The second-order valence-electron chi connectivity index (χ2n) is 5.90. The molecule has 1 N–H and O–H groups in total. The summed E-state index contributed by atoms with van der Waals surface area (Å²) in [4.78, 5) is 18.6. The normalized spacial score (nSPS) is 11.3. The van der Waals surface area contributed by atoms with E-state index >= 15 is 0 Å². The summed E-state index contributed by atoms with van der Waals surface area (Å²) in [7, 11) is 10.2. The van der Waals surface area contributed by atoms with E-state index in [2.05, 4.69) is 43.3 Å². The SMILES string of the molecule is CNCCCC(=O)N(CCCN(C)C)CCCN(C)C. The quantitative estimate of drug-likeness (QED) is 0.537. The molecule has 0 atom stereocenters. The van der Waals surface area contributed by atoms with Gasteiger partial charge in [0.25, 0.3) is 0 Å². The van der Waals surface area contributed by atoms with Crippen molar-refractivity contribution in [3.8, 4) is 0 Å². The average Bonchev–Trinajstić information content (AvgIpc) is 2.36. The fourth-order valence-electron chi connectivity index (χ4n) is 2.09. The first-order valence-corrected chi connectivity index (χ1v) is 7.69. The Morgan fingerprint density at radius 1 is 0.850 bits per heavy atom. The minimum absolute atomic E-state index is 0.303. The molecule has 0 aliphatic heterocycles. The van der Waals surface area contributed by atoms with Crippen molar-refractivity contribution in [1.82, 2.24) is 20.0 Å². The third-order valence-corrected chi connectivity index (χ3v) is 3.24. The highest BCUT2D eigenvalue weighted by atomic mass is 16.2. The lowest BCUT2D eigenvalue weighted by atomic mass is 10.2. The maximum Gasteiger partial charge on any atom is 0.222 e. The van der Waals surface area contributed by atoms with E-state index in [0.29, 0.717) is 12.3 Å². The van der Waals surface area contributed by atoms with E-state index in [9.17, 15) is 4.79 Å². The van der Waals surface area contributed by atoms with Gasteiger partial charge in [-0.3, -0.25) is 4.79 Å². The lowest BCUT2D eigenvalue weighted by Gasteiger charge is -2.24. The molecule has 0 bridgehead atoms. The van der Waals surface area contributed by atoms with Gasteiger partial charge in [0.15, 0.2) is 0 Å². The highest BCUT2D eigenvalue weighted by molar-refractivity contribution is 5.76. The van der Waals surface area contributed by atoms with E-state index in [1.165, 1.54) is 0 Å². The molecule has 0 heterocycles. The van der Waals surface area contributed by atoms with Gasteiger partial charge in [-0.2, -0.15) is 0 Å². The van der Waals surface area contributed by atoms with Crippen LogP contribution >= 0.6 is 0 Å². The van der Waals surface area contributed by atoms with Gasteiger partial charge in [0.1, 0.15) is 0 Å². The van der Waals surface area contributed by atoms with Crippen molar-refractivity contribution in [2.75, 3.05) is 68.0 Å². The van der Waals surface area contributed by atoms with Crippen LogP contribution in [-0.2, 0) is 4.79 Å². The number of hydrogen-bond acceptors (Lipinski definition) is 4. The Kier molecular flexibility index (Phi) is 11.7. The Morgan fingerprint density at radius 2 is 1.35 bits per heavy atom. The van der Waals surface area contributed by atoms with Crippen LogP contribution in [0.4, 0.5) is 0 Å². The second kappa shape index (κ2) is 12.1. The molecule has 0 saturated carbocycles. The van der Waals surface area contributed by atoms with Gasteiger partial charge in [-0.25, -0.2) is 0 Å². The van der Waals surface area contributed by atoms with Crippen LogP contribution in [-0.4, -0.2) is 88.6 Å². The first-order valence-electron chi connectivity index (χ1n) is 7.69. The third-order valence-electron chi connectivity index (χ3n) is 3.24. The first-order chi connectivity index (χ1) is 9.47. The summed E-state index contributed by atoms with van der Waals surface area (Å²) in [6.45, 7) is 4.74. The molecular weight excluding hydrogens is 252 g/mol. The van der Waals surface area contributed by atoms with Gasteiger partial charge in [0.2, 0.25) is 5.91 Å². The molecular formula is C15H34N4O. The monoisotopic (exact) mass is 286 g/mol. The highest BCUT2D eigenvalue weighted by Crippen LogP contribution is 2.02. The number of hydrogen-bond donors (Lipinski definition) is 1. The highest BCUT2D eigenvalue weighted by Gasteiger charge is 2.12. The number of carbonyl (C=O) groups is 1. The van der Waals surface area contributed by atoms with Crippen molar-refractivity contribution in [3.63, 3.8) is 0 Å². The standard InChI is InChI=1S/C15H34N4O/c1-16-10-6-9-15(20)19(13-7-11-17(2)3)14-8-12-18(4)5/h16H,6-14H2,1-5H3. The predicted octanol–water partition coefficient (Wildman–Crippen LogP) is 0.718. The summed E-state index contributed by atoms with van der Waals surface area (Å²) < 4.78 is 0. The van der Waals surface area contributed by atoms with Crippen molar-refractivity contribution < 1.29 is 4.79 Å². The lowest BCUT2D eigenvalue weighted by Crippen LogP contribution is -2.35. The van der Waals surface area contributed by atoms with Crippen LogP contribution in [0.1, 0.15) is 25.7 Å². The van der Waals surface area contributed by atoms with Crippen LogP contribution in [0.5, 0.6) is 0 Å². The van der Waals surface area contributed by atoms with Gasteiger partial charge in [-0.1, -0.05) is 0 Å². The summed E-state index contributed by atoms with van der Waals surface area (Å²) in [5.41, 5.74) is 0. The van der Waals surface area contributed by atoms with Crippen molar-refractivity contribution in [2.24, 2.45) is 0 Å². The van der Waals surface area contributed by atoms with Gasteiger partial charge < -0.3 is 20.0 Å². The number of nitrogens with zero attached hydrogens (tertiary/aromatic N) is 3. The van der Waals surface area contributed by atoms with E-state index in [4.69, 9.17) is 0 Å². The van der Waals surface area contributed by atoms with E-state index in [1.54, 1.807) is 0 Å². The minimum atomic E-state index is 0.303. The van der Waals surface area contributed by atoms with E-state index in [1.807, 2.05) is 11.9 Å². The van der Waals surface area contributed by atoms with Gasteiger partial charge in [0, 0.05) is 19.5 Å². The molecule has 0 aromatic rings. The van der Waals surface area contributed by atoms with Crippen molar-refractivity contribution in [3.05, 3.63) is 0 Å². The summed E-state index contributed by atoms with van der Waals surface area (Å²) in [5, 5.41) is 3.09. The molecule has 0 aromatic heterocycles. The Labute approximate surface area is 125 Å². The maximum atomic E-state index is 12.2. The number of amides is 1. The van der Waals surface area contributed by atoms with Gasteiger partial charge in [0.05, 0.1) is 0 Å². The smallest absolute Gasteiger partial charge is 0.222 e. The zero-order valence-electron chi connectivity index (χ0n) is 14.1. The van der Waals surface area contributed by atoms with Crippen LogP contribution in [0, 0.1) is 0 Å². The molecule has 0 aliphatic rings. The second-order valence-corrected chi connectivity index (χ2v) is 5.90. The zero-order chi connectivity index (χ0) is 15.4. The molecule has 0 fully saturated rings. The summed E-state index contributed by atoms with van der Waals surface area (Å²) in [6.07, 6.45) is 3.68. The number of nitrogens with one attached hydrogen (secondary N) is 1. The average molecular weight is 286 g/mol. The van der Waals surface area contributed by atoms with Crippen LogP contribution < -0.4 is 5.32 Å². The molecule has 0 saturated heterocycles. The molecule has 0 radical (unpaired) electrons. The van der Waals surface area contributed by atoms with Crippen LogP contribution in [0.15, 0.2) is 0 Å². The van der Waals surface area contributed by atoms with Crippen LogP contribution in [0.2, 0.25) is 0 Å². The maximum absolute atomic E-state index is 12.2.